The Hall–Kier alpha value is -3.92. The Morgan fingerprint density at radius 2 is 1.49 bits per heavy atom. The van der Waals surface area contributed by atoms with E-state index in [0.29, 0.717) is 0 Å². The summed E-state index contributed by atoms with van der Waals surface area (Å²) in [5, 5.41) is 12.1. The first-order valence-electron chi connectivity index (χ1n) is 11.2. The first-order valence-corrected chi connectivity index (χ1v) is 11.2. The molecule has 2 rings (SSSR count). The third-order valence-corrected chi connectivity index (χ3v) is 5.68. The van der Waals surface area contributed by atoms with Crippen molar-refractivity contribution in [3.63, 3.8) is 0 Å². The molecule has 0 aliphatic heterocycles. The van der Waals surface area contributed by atoms with Crippen molar-refractivity contribution in [2.24, 2.45) is 11.5 Å². The van der Waals surface area contributed by atoms with E-state index >= 15 is 0 Å². The van der Waals surface area contributed by atoms with Crippen LogP contribution in [0.4, 0.5) is 0 Å². The molecule has 0 bridgehead atoms. The summed E-state index contributed by atoms with van der Waals surface area (Å²) in [4.78, 5) is 52.5. The van der Waals surface area contributed by atoms with Crippen LogP contribution in [0.1, 0.15) is 18.1 Å². The van der Waals surface area contributed by atoms with Gasteiger partial charge in [0.1, 0.15) is 17.8 Å². The van der Waals surface area contributed by atoms with Gasteiger partial charge in [-0.25, -0.2) is 0 Å². The quantitative estimate of drug-likeness (QED) is 0.346. The zero-order valence-electron chi connectivity index (χ0n) is 20.2. The molecule has 0 saturated carbocycles. The fraction of sp³-hybridized carbons (Fsp3) is 0.360. The Balaban J connectivity index is 2.09. The number of nitrogens with two attached hydrogens (primary N) is 2. The van der Waals surface area contributed by atoms with Crippen LogP contribution in [-0.2, 0) is 32.0 Å². The monoisotopic (exact) mass is 483 g/mol. The van der Waals surface area contributed by atoms with Crippen LogP contribution in [0.3, 0.4) is 0 Å². The highest BCUT2D eigenvalue weighted by molar-refractivity contribution is 5.93. The standard InChI is InChI=1S/C25H33N5O5/c1-16(30(3)24(34)20(26)13-18-9-11-19(31)12-10-18)23(33)28-21(14-17-7-5-4-6-8-17)25(35)29(2)15-22(27)32/h4-12,16,20-21,31H,13-15,26H2,1-3H3,(H2,27,32)(H,28,33)/t16-,20+,21+/m1/s1. The maximum atomic E-state index is 13.0. The van der Waals surface area contributed by atoms with Crippen molar-refractivity contribution in [3.8, 4) is 5.75 Å². The van der Waals surface area contributed by atoms with Gasteiger partial charge in [-0.3, -0.25) is 19.2 Å². The maximum Gasteiger partial charge on any atom is 0.245 e. The number of rotatable bonds is 11. The molecule has 0 heterocycles. The van der Waals surface area contributed by atoms with Crippen LogP contribution < -0.4 is 16.8 Å². The lowest BCUT2D eigenvalue weighted by molar-refractivity contribution is -0.141. The molecular formula is C25H33N5O5. The van der Waals surface area contributed by atoms with Crippen molar-refractivity contribution in [1.29, 1.82) is 0 Å². The summed E-state index contributed by atoms with van der Waals surface area (Å²) >= 11 is 0. The number of phenolic OH excluding ortho intramolecular Hbond substituents is 1. The average Bonchev–Trinajstić information content (AvgIpc) is 2.83. The van der Waals surface area contributed by atoms with Crippen molar-refractivity contribution in [2.45, 2.75) is 37.9 Å². The number of phenols is 1. The molecule has 0 aliphatic rings. The molecular weight excluding hydrogens is 450 g/mol. The van der Waals surface area contributed by atoms with Crippen LogP contribution >= 0.6 is 0 Å². The van der Waals surface area contributed by atoms with E-state index in [0.717, 1.165) is 16.0 Å². The molecule has 188 valence electrons. The number of likely N-dealkylation sites (N-methyl/N-ethyl adjacent to an activating group) is 2. The third kappa shape index (κ3) is 8.11. The number of benzene rings is 2. The molecule has 0 spiro atoms. The minimum absolute atomic E-state index is 0.108. The van der Waals surface area contributed by atoms with Crippen LogP contribution in [0.25, 0.3) is 0 Å². The Morgan fingerprint density at radius 3 is 2.06 bits per heavy atom. The van der Waals surface area contributed by atoms with Crippen LogP contribution in [0.2, 0.25) is 0 Å². The molecule has 35 heavy (non-hydrogen) atoms. The summed E-state index contributed by atoms with van der Waals surface area (Å²) in [6, 6.07) is 12.7. The molecule has 2 aromatic rings. The third-order valence-electron chi connectivity index (χ3n) is 5.68. The Bertz CT molecular complexity index is 1030. The highest BCUT2D eigenvalue weighted by atomic mass is 16.3. The second-order valence-electron chi connectivity index (χ2n) is 8.51. The van der Waals surface area contributed by atoms with E-state index in [4.69, 9.17) is 11.5 Å². The number of amides is 4. The average molecular weight is 484 g/mol. The van der Waals surface area contributed by atoms with Crippen LogP contribution in [0.15, 0.2) is 54.6 Å². The predicted molar refractivity (Wildman–Crippen MR) is 131 cm³/mol. The number of carbonyl (C=O) groups excluding carboxylic acids is 4. The summed E-state index contributed by atoms with van der Waals surface area (Å²) < 4.78 is 0. The van der Waals surface area contributed by atoms with Gasteiger partial charge in [-0.05, 0) is 36.6 Å². The van der Waals surface area contributed by atoms with Gasteiger partial charge in [-0.15, -0.1) is 0 Å². The number of aromatic hydroxyl groups is 1. The summed E-state index contributed by atoms with van der Waals surface area (Å²) in [7, 11) is 2.90. The topological polar surface area (TPSA) is 159 Å². The Morgan fingerprint density at radius 1 is 0.914 bits per heavy atom. The Kier molecular flexibility index (Phi) is 9.77. The highest BCUT2D eigenvalue weighted by Crippen LogP contribution is 2.12. The number of primary amides is 1. The first-order chi connectivity index (χ1) is 16.5. The van der Waals surface area contributed by atoms with E-state index in [1.807, 2.05) is 30.3 Å². The summed E-state index contributed by atoms with van der Waals surface area (Å²) in [6.07, 6.45) is 0.421. The minimum atomic E-state index is -0.967. The molecule has 10 heteroatoms. The van der Waals surface area contributed by atoms with Gasteiger partial charge in [0.2, 0.25) is 23.6 Å². The van der Waals surface area contributed by atoms with Gasteiger partial charge in [0.15, 0.2) is 0 Å². The normalized spacial score (nSPS) is 13.3. The molecule has 2 aromatic carbocycles. The Labute approximate surface area is 204 Å². The fourth-order valence-corrected chi connectivity index (χ4v) is 3.52. The van der Waals surface area contributed by atoms with Gasteiger partial charge in [-0.2, -0.15) is 0 Å². The zero-order chi connectivity index (χ0) is 26.1. The molecule has 4 amide bonds. The van der Waals surface area contributed by atoms with E-state index < -0.39 is 41.8 Å². The molecule has 0 fully saturated rings. The van der Waals surface area contributed by atoms with Crippen molar-refractivity contribution in [3.05, 3.63) is 65.7 Å². The minimum Gasteiger partial charge on any atom is -0.508 e. The van der Waals surface area contributed by atoms with E-state index in [1.54, 1.807) is 12.1 Å². The lowest BCUT2D eigenvalue weighted by Gasteiger charge is -2.29. The molecule has 6 N–H and O–H groups in total. The SMILES string of the molecule is C[C@H](C(=O)N[C@@H](Cc1ccccc1)C(=O)N(C)CC(N)=O)N(C)C(=O)[C@@H](N)Cc1ccc(O)cc1. The predicted octanol–water partition coefficient (Wildman–Crippen LogP) is -0.220. The fourth-order valence-electron chi connectivity index (χ4n) is 3.52. The number of nitrogens with zero attached hydrogens (tertiary/aromatic N) is 2. The van der Waals surface area contributed by atoms with Gasteiger partial charge in [0.05, 0.1) is 12.6 Å². The van der Waals surface area contributed by atoms with Crippen LogP contribution in [0.5, 0.6) is 5.75 Å². The molecule has 3 atom stereocenters. The number of hydrogen-bond acceptors (Lipinski definition) is 6. The summed E-state index contributed by atoms with van der Waals surface area (Å²) in [6.45, 7) is 1.25. The van der Waals surface area contributed by atoms with Gasteiger partial charge in [0, 0.05) is 20.5 Å². The molecule has 0 radical (unpaired) electrons. The molecule has 0 unspecified atom stereocenters. The van der Waals surface area contributed by atoms with E-state index in [9.17, 15) is 24.3 Å². The number of carbonyl (C=O) groups is 4. The number of nitrogens with one attached hydrogen (secondary N) is 1. The summed E-state index contributed by atoms with van der Waals surface area (Å²) in [5.41, 5.74) is 12.9. The van der Waals surface area contributed by atoms with Crippen molar-refractivity contribution >= 4 is 23.6 Å². The van der Waals surface area contributed by atoms with Crippen LogP contribution in [-0.4, -0.2) is 77.3 Å². The van der Waals surface area contributed by atoms with Gasteiger partial charge in [-0.1, -0.05) is 42.5 Å². The molecule has 10 nitrogen and oxygen atoms in total. The first kappa shape index (κ1) is 27.3. The van der Waals surface area contributed by atoms with Gasteiger partial charge in [0.25, 0.3) is 0 Å². The van der Waals surface area contributed by atoms with E-state index in [2.05, 4.69) is 5.32 Å². The molecule has 0 aliphatic carbocycles. The largest absolute Gasteiger partial charge is 0.508 e. The van der Waals surface area contributed by atoms with Crippen LogP contribution in [0, 0.1) is 0 Å². The van der Waals surface area contributed by atoms with Gasteiger partial charge < -0.3 is 31.7 Å². The van der Waals surface area contributed by atoms with E-state index in [1.165, 1.54) is 38.1 Å². The zero-order valence-corrected chi connectivity index (χ0v) is 20.2. The highest BCUT2D eigenvalue weighted by Gasteiger charge is 2.31. The number of hydrogen-bond donors (Lipinski definition) is 4. The van der Waals surface area contributed by atoms with Crippen molar-refractivity contribution in [1.82, 2.24) is 15.1 Å². The second-order valence-corrected chi connectivity index (χ2v) is 8.51. The lowest BCUT2D eigenvalue weighted by atomic mass is 10.0. The van der Waals surface area contributed by atoms with Crippen molar-refractivity contribution < 1.29 is 24.3 Å². The molecule has 0 aromatic heterocycles. The smallest absolute Gasteiger partial charge is 0.245 e. The lowest BCUT2D eigenvalue weighted by Crippen LogP contribution is -2.56. The molecule has 0 saturated heterocycles. The summed E-state index contributed by atoms with van der Waals surface area (Å²) in [5.74, 6) is -2.03. The maximum absolute atomic E-state index is 13.0. The van der Waals surface area contributed by atoms with Gasteiger partial charge >= 0.3 is 0 Å². The van der Waals surface area contributed by atoms with E-state index in [-0.39, 0.29) is 25.1 Å². The van der Waals surface area contributed by atoms with Crippen molar-refractivity contribution in [2.75, 3.05) is 20.6 Å². The second kappa shape index (κ2) is 12.5.